The fourth-order valence-corrected chi connectivity index (χ4v) is 2.17. The zero-order chi connectivity index (χ0) is 15.5. The van der Waals surface area contributed by atoms with Crippen LogP contribution in [-0.4, -0.2) is 20.6 Å². The van der Waals surface area contributed by atoms with Crippen molar-refractivity contribution >= 4 is 17.5 Å². The van der Waals surface area contributed by atoms with E-state index >= 15 is 0 Å². The van der Waals surface area contributed by atoms with Crippen LogP contribution < -0.4 is 5.32 Å². The first-order valence-corrected chi connectivity index (χ1v) is 6.98. The molecule has 0 saturated heterocycles. The van der Waals surface area contributed by atoms with Gasteiger partial charge in [-0.05, 0) is 12.1 Å². The van der Waals surface area contributed by atoms with Crippen molar-refractivity contribution in [3.8, 4) is 11.3 Å². The fourth-order valence-electron chi connectivity index (χ4n) is 1.98. The predicted molar refractivity (Wildman–Crippen MR) is 81.3 cm³/mol. The predicted octanol–water partition coefficient (Wildman–Crippen LogP) is 2.66. The summed E-state index contributed by atoms with van der Waals surface area (Å²) in [5, 5.41) is 7.23. The monoisotopic (exact) mass is 316 g/mol. The van der Waals surface area contributed by atoms with Crippen LogP contribution in [0, 0.1) is 0 Å². The van der Waals surface area contributed by atoms with Gasteiger partial charge in [-0.1, -0.05) is 28.9 Å². The largest absolute Gasteiger partial charge is 0.350 e. The van der Waals surface area contributed by atoms with E-state index in [0.717, 1.165) is 11.4 Å². The Labute approximate surface area is 131 Å². The van der Waals surface area contributed by atoms with Crippen LogP contribution in [-0.2, 0) is 13.6 Å². The van der Waals surface area contributed by atoms with E-state index in [1.165, 1.54) is 0 Å². The minimum absolute atomic E-state index is 0.143. The maximum Gasteiger partial charge on any atom is 0.290 e. The van der Waals surface area contributed by atoms with E-state index in [-0.39, 0.29) is 11.7 Å². The lowest BCUT2D eigenvalue weighted by Crippen LogP contribution is -2.23. The molecule has 1 aromatic carbocycles. The molecule has 0 aliphatic heterocycles. The van der Waals surface area contributed by atoms with E-state index < -0.39 is 0 Å². The lowest BCUT2D eigenvalue weighted by molar-refractivity contribution is 0.0912. The Morgan fingerprint density at radius 1 is 1.41 bits per heavy atom. The summed E-state index contributed by atoms with van der Waals surface area (Å²) in [6, 6.07) is 8.77. The summed E-state index contributed by atoms with van der Waals surface area (Å²) in [6.07, 6.45) is 3.49. The number of hydrogen-bond donors (Lipinski definition) is 1. The smallest absolute Gasteiger partial charge is 0.290 e. The van der Waals surface area contributed by atoms with Crippen molar-refractivity contribution in [3.05, 3.63) is 59.3 Å². The van der Waals surface area contributed by atoms with E-state index in [1.54, 1.807) is 24.4 Å². The maximum atomic E-state index is 12.1. The Morgan fingerprint density at radius 3 is 3.00 bits per heavy atom. The van der Waals surface area contributed by atoms with E-state index in [1.807, 2.05) is 29.9 Å². The highest BCUT2D eigenvalue weighted by molar-refractivity contribution is 6.30. The van der Waals surface area contributed by atoms with Crippen molar-refractivity contribution in [2.24, 2.45) is 7.05 Å². The highest BCUT2D eigenvalue weighted by Gasteiger charge is 2.14. The third-order valence-corrected chi connectivity index (χ3v) is 3.42. The average molecular weight is 317 g/mol. The molecule has 0 atom stereocenters. The first kappa shape index (κ1) is 14.3. The molecule has 112 valence electrons. The number of hydrogen-bond acceptors (Lipinski definition) is 4. The number of benzene rings is 1. The molecule has 0 bridgehead atoms. The summed E-state index contributed by atoms with van der Waals surface area (Å²) in [4.78, 5) is 16.2. The molecule has 0 fully saturated rings. The van der Waals surface area contributed by atoms with Crippen LogP contribution in [0.25, 0.3) is 11.3 Å². The topological polar surface area (TPSA) is 73.0 Å². The normalized spacial score (nSPS) is 10.6. The van der Waals surface area contributed by atoms with Crippen LogP contribution in [0.1, 0.15) is 16.4 Å². The molecule has 3 rings (SSSR count). The van der Waals surface area contributed by atoms with Crippen molar-refractivity contribution in [1.29, 1.82) is 0 Å². The highest BCUT2D eigenvalue weighted by atomic mass is 35.5. The number of aromatic nitrogens is 3. The number of amides is 1. The molecule has 0 aliphatic rings. The fraction of sp³-hybridized carbons (Fsp3) is 0.133. The minimum atomic E-state index is -0.344. The molecule has 2 heterocycles. The number of nitrogens with zero attached hydrogens (tertiary/aromatic N) is 3. The van der Waals surface area contributed by atoms with Gasteiger partial charge >= 0.3 is 0 Å². The number of rotatable bonds is 4. The van der Waals surface area contributed by atoms with Crippen LogP contribution >= 0.6 is 11.6 Å². The number of carbonyl (C=O) groups is 1. The molecule has 1 N–H and O–H groups in total. The van der Waals surface area contributed by atoms with E-state index in [9.17, 15) is 4.79 Å². The highest BCUT2D eigenvalue weighted by Crippen LogP contribution is 2.22. The quantitative estimate of drug-likeness (QED) is 0.803. The summed E-state index contributed by atoms with van der Waals surface area (Å²) in [7, 11) is 1.86. The van der Waals surface area contributed by atoms with Gasteiger partial charge in [-0.2, -0.15) is 0 Å². The standard InChI is InChI=1S/C15H13ClN4O2/c1-20-6-5-17-14(20)9-18-15(21)13-8-12(19-22-13)10-3-2-4-11(16)7-10/h2-8H,9H2,1H3,(H,18,21). The molecule has 2 aromatic heterocycles. The number of carbonyl (C=O) groups excluding carboxylic acids is 1. The molecule has 0 spiro atoms. The molecular formula is C15H13ClN4O2. The minimum Gasteiger partial charge on any atom is -0.350 e. The number of halogens is 1. The first-order chi connectivity index (χ1) is 10.6. The Kier molecular flexibility index (Phi) is 3.93. The Balaban J connectivity index is 1.70. The molecule has 0 unspecified atom stereocenters. The number of nitrogens with one attached hydrogen (secondary N) is 1. The second-order valence-corrected chi connectivity index (χ2v) is 5.16. The van der Waals surface area contributed by atoms with Gasteiger partial charge in [0.25, 0.3) is 5.91 Å². The van der Waals surface area contributed by atoms with Crippen LogP contribution in [0.3, 0.4) is 0 Å². The summed E-state index contributed by atoms with van der Waals surface area (Å²) in [5.74, 6) is 0.552. The van der Waals surface area contributed by atoms with E-state index in [0.29, 0.717) is 17.3 Å². The lowest BCUT2D eigenvalue weighted by Gasteiger charge is -2.02. The number of imidazole rings is 1. The molecule has 0 radical (unpaired) electrons. The SMILES string of the molecule is Cn1ccnc1CNC(=O)c1cc(-c2cccc(Cl)c2)no1. The van der Waals surface area contributed by atoms with Crippen LogP contribution in [0.2, 0.25) is 5.02 Å². The van der Waals surface area contributed by atoms with Gasteiger partial charge in [-0.15, -0.1) is 0 Å². The van der Waals surface area contributed by atoms with Gasteiger partial charge < -0.3 is 14.4 Å². The van der Waals surface area contributed by atoms with Gasteiger partial charge in [-0.25, -0.2) is 4.98 Å². The first-order valence-electron chi connectivity index (χ1n) is 6.60. The second-order valence-electron chi connectivity index (χ2n) is 4.72. The van der Waals surface area contributed by atoms with Crippen molar-refractivity contribution < 1.29 is 9.32 Å². The van der Waals surface area contributed by atoms with E-state index in [2.05, 4.69) is 15.5 Å². The molecule has 3 aromatic rings. The van der Waals surface area contributed by atoms with Crippen molar-refractivity contribution in [2.45, 2.75) is 6.54 Å². The summed E-state index contributed by atoms with van der Waals surface area (Å²) in [6.45, 7) is 0.315. The Hall–Kier alpha value is -2.60. The average Bonchev–Trinajstić information content (AvgIpc) is 3.14. The van der Waals surface area contributed by atoms with Crippen molar-refractivity contribution in [3.63, 3.8) is 0 Å². The molecular weight excluding hydrogens is 304 g/mol. The summed E-state index contributed by atoms with van der Waals surface area (Å²) < 4.78 is 6.92. The molecule has 1 amide bonds. The molecule has 22 heavy (non-hydrogen) atoms. The zero-order valence-electron chi connectivity index (χ0n) is 11.8. The Bertz CT molecular complexity index is 809. The van der Waals surface area contributed by atoms with Gasteiger partial charge in [0.2, 0.25) is 5.76 Å². The van der Waals surface area contributed by atoms with E-state index in [4.69, 9.17) is 16.1 Å². The number of aryl methyl sites for hydroxylation is 1. The second kappa shape index (κ2) is 6.03. The lowest BCUT2D eigenvalue weighted by atomic mass is 10.1. The maximum absolute atomic E-state index is 12.1. The van der Waals surface area contributed by atoms with Crippen LogP contribution in [0.15, 0.2) is 47.2 Å². The van der Waals surface area contributed by atoms with Gasteiger partial charge in [-0.3, -0.25) is 4.79 Å². The van der Waals surface area contributed by atoms with Gasteiger partial charge in [0.1, 0.15) is 11.5 Å². The van der Waals surface area contributed by atoms with Gasteiger partial charge in [0, 0.05) is 36.1 Å². The molecule has 6 nitrogen and oxygen atoms in total. The van der Waals surface area contributed by atoms with Crippen molar-refractivity contribution in [1.82, 2.24) is 20.0 Å². The summed E-state index contributed by atoms with van der Waals surface area (Å²) in [5.41, 5.74) is 1.35. The van der Waals surface area contributed by atoms with Crippen molar-refractivity contribution in [2.75, 3.05) is 0 Å². The van der Waals surface area contributed by atoms with Crippen LogP contribution in [0.4, 0.5) is 0 Å². The third-order valence-electron chi connectivity index (χ3n) is 3.18. The van der Waals surface area contributed by atoms with Crippen LogP contribution in [0.5, 0.6) is 0 Å². The van der Waals surface area contributed by atoms with Gasteiger partial charge in [0.15, 0.2) is 0 Å². The zero-order valence-corrected chi connectivity index (χ0v) is 12.5. The Morgan fingerprint density at radius 2 is 2.27 bits per heavy atom. The molecule has 7 heteroatoms. The molecule has 0 saturated carbocycles. The summed E-state index contributed by atoms with van der Waals surface area (Å²) >= 11 is 5.94. The third kappa shape index (κ3) is 3.01. The molecule has 0 aliphatic carbocycles. The van der Waals surface area contributed by atoms with Gasteiger partial charge in [0.05, 0.1) is 6.54 Å².